The van der Waals surface area contributed by atoms with Gasteiger partial charge in [0.2, 0.25) is 0 Å². The molecule has 2 rings (SSSR count). The predicted molar refractivity (Wildman–Crippen MR) is 66.8 cm³/mol. The zero-order valence-electron chi connectivity index (χ0n) is 9.57. The average molecular weight is 235 g/mol. The zero-order chi connectivity index (χ0) is 11.7. The van der Waals surface area contributed by atoms with E-state index in [1.807, 2.05) is 18.2 Å². The molecule has 0 bridgehead atoms. The lowest BCUT2D eigenvalue weighted by Crippen LogP contribution is -2.29. The molecule has 2 atom stereocenters. The first kappa shape index (κ1) is 11.3. The van der Waals surface area contributed by atoms with Crippen LogP contribution in [0.25, 0.3) is 0 Å². The summed E-state index contributed by atoms with van der Waals surface area (Å²) in [6.07, 6.45) is 1.16. The van der Waals surface area contributed by atoms with Crippen molar-refractivity contribution in [3.8, 4) is 6.07 Å². The van der Waals surface area contributed by atoms with Crippen molar-refractivity contribution in [3.05, 3.63) is 28.8 Å². The van der Waals surface area contributed by atoms with Crippen LogP contribution in [-0.4, -0.2) is 12.6 Å². The number of nitriles is 1. The van der Waals surface area contributed by atoms with Crippen molar-refractivity contribution in [2.24, 2.45) is 5.92 Å². The third kappa shape index (κ3) is 1.76. The van der Waals surface area contributed by atoms with E-state index in [-0.39, 0.29) is 0 Å². The van der Waals surface area contributed by atoms with Crippen LogP contribution in [0.4, 0.5) is 5.69 Å². The van der Waals surface area contributed by atoms with Gasteiger partial charge in [-0.1, -0.05) is 24.6 Å². The molecule has 0 amide bonds. The summed E-state index contributed by atoms with van der Waals surface area (Å²) in [4.78, 5) is 2.26. The van der Waals surface area contributed by atoms with Crippen LogP contribution in [-0.2, 0) is 0 Å². The van der Waals surface area contributed by atoms with Crippen molar-refractivity contribution in [1.29, 1.82) is 5.26 Å². The molecular formula is C13H15ClN2. The molecule has 0 aliphatic carbocycles. The highest BCUT2D eigenvalue weighted by atomic mass is 35.5. The molecule has 0 saturated carbocycles. The first-order valence-electron chi connectivity index (χ1n) is 5.60. The molecule has 1 aromatic rings. The maximum absolute atomic E-state index is 9.12. The van der Waals surface area contributed by atoms with E-state index in [1.54, 1.807) is 0 Å². The van der Waals surface area contributed by atoms with E-state index in [2.05, 4.69) is 24.8 Å². The van der Waals surface area contributed by atoms with Gasteiger partial charge in [0.15, 0.2) is 0 Å². The van der Waals surface area contributed by atoms with Crippen LogP contribution in [0.3, 0.4) is 0 Å². The normalized spacial score (nSPS) is 24.5. The van der Waals surface area contributed by atoms with Crippen LogP contribution in [0.15, 0.2) is 18.2 Å². The molecule has 0 spiro atoms. The number of benzene rings is 1. The number of hydrogen-bond donors (Lipinski definition) is 0. The first-order chi connectivity index (χ1) is 7.65. The van der Waals surface area contributed by atoms with Crippen LogP contribution in [0.2, 0.25) is 5.02 Å². The van der Waals surface area contributed by atoms with Gasteiger partial charge in [-0.15, -0.1) is 0 Å². The standard InChI is InChI=1S/C13H15ClN2/c1-9-6-7-16(10(9)2)13-11(8-15)4-3-5-12(13)14/h3-5,9-10H,6-7H2,1-2H3. The Morgan fingerprint density at radius 1 is 1.44 bits per heavy atom. The molecule has 1 saturated heterocycles. The first-order valence-corrected chi connectivity index (χ1v) is 5.98. The summed E-state index contributed by atoms with van der Waals surface area (Å²) in [5.74, 6) is 0.655. The molecule has 1 aliphatic heterocycles. The van der Waals surface area contributed by atoms with Gasteiger partial charge in [-0.25, -0.2) is 0 Å². The van der Waals surface area contributed by atoms with Crippen LogP contribution < -0.4 is 4.90 Å². The van der Waals surface area contributed by atoms with Gasteiger partial charge in [0.1, 0.15) is 6.07 Å². The number of anilines is 1. The van der Waals surface area contributed by atoms with Gasteiger partial charge < -0.3 is 4.90 Å². The Hall–Kier alpha value is -1.20. The molecule has 1 aliphatic rings. The number of halogens is 1. The Morgan fingerprint density at radius 2 is 2.19 bits per heavy atom. The molecule has 84 valence electrons. The summed E-state index contributed by atoms with van der Waals surface area (Å²) in [5.41, 5.74) is 1.58. The highest BCUT2D eigenvalue weighted by Crippen LogP contribution is 2.36. The van der Waals surface area contributed by atoms with Gasteiger partial charge in [-0.05, 0) is 31.4 Å². The maximum Gasteiger partial charge on any atom is 0.101 e. The predicted octanol–water partition coefficient (Wildman–Crippen LogP) is 3.45. The van der Waals surface area contributed by atoms with Gasteiger partial charge >= 0.3 is 0 Å². The lowest BCUT2D eigenvalue weighted by atomic mass is 10.0. The molecule has 0 N–H and O–H groups in total. The Bertz CT molecular complexity index is 436. The third-order valence-corrected chi connectivity index (χ3v) is 3.84. The summed E-state index contributed by atoms with van der Waals surface area (Å²) in [6.45, 7) is 5.43. The third-order valence-electron chi connectivity index (χ3n) is 3.53. The maximum atomic E-state index is 9.12. The van der Waals surface area contributed by atoms with E-state index in [0.717, 1.165) is 18.7 Å². The fraction of sp³-hybridized carbons (Fsp3) is 0.462. The second-order valence-corrected chi connectivity index (χ2v) is 4.85. The van der Waals surface area contributed by atoms with Gasteiger partial charge in [-0.3, -0.25) is 0 Å². The molecule has 2 unspecified atom stereocenters. The van der Waals surface area contributed by atoms with Crippen LogP contribution in [0.5, 0.6) is 0 Å². The van der Waals surface area contributed by atoms with Crippen molar-refractivity contribution in [3.63, 3.8) is 0 Å². The fourth-order valence-corrected chi connectivity index (χ4v) is 2.59. The number of para-hydroxylation sites is 1. The largest absolute Gasteiger partial charge is 0.366 e. The topological polar surface area (TPSA) is 27.0 Å². The van der Waals surface area contributed by atoms with Crippen LogP contribution in [0.1, 0.15) is 25.8 Å². The van der Waals surface area contributed by atoms with E-state index < -0.39 is 0 Å². The second kappa shape index (κ2) is 4.35. The summed E-state index contributed by atoms with van der Waals surface area (Å²) in [5, 5.41) is 9.80. The van der Waals surface area contributed by atoms with Gasteiger partial charge in [0, 0.05) is 12.6 Å². The van der Waals surface area contributed by atoms with Crippen molar-refractivity contribution in [2.75, 3.05) is 11.4 Å². The Kier molecular flexibility index (Phi) is 3.07. The Labute approximate surface area is 101 Å². The second-order valence-electron chi connectivity index (χ2n) is 4.45. The lowest BCUT2D eigenvalue weighted by Gasteiger charge is -2.27. The average Bonchev–Trinajstić information content (AvgIpc) is 2.60. The Balaban J connectivity index is 2.45. The molecule has 0 radical (unpaired) electrons. The van der Waals surface area contributed by atoms with Crippen molar-refractivity contribution in [2.45, 2.75) is 26.3 Å². The summed E-state index contributed by atoms with van der Waals surface area (Å²) in [6, 6.07) is 8.19. The Morgan fingerprint density at radius 3 is 2.75 bits per heavy atom. The number of nitrogens with zero attached hydrogens (tertiary/aromatic N) is 2. The van der Waals surface area contributed by atoms with Crippen LogP contribution >= 0.6 is 11.6 Å². The van der Waals surface area contributed by atoms with E-state index in [0.29, 0.717) is 22.5 Å². The quantitative estimate of drug-likeness (QED) is 0.744. The van der Waals surface area contributed by atoms with E-state index in [9.17, 15) is 0 Å². The smallest absolute Gasteiger partial charge is 0.101 e. The molecule has 0 aromatic heterocycles. The molecule has 16 heavy (non-hydrogen) atoms. The minimum atomic E-state index is 0.451. The van der Waals surface area contributed by atoms with Crippen LogP contribution in [0, 0.1) is 17.2 Å². The van der Waals surface area contributed by atoms with Crippen molar-refractivity contribution in [1.82, 2.24) is 0 Å². The molecule has 1 heterocycles. The van der Waals surface area contributed by atoms with E-state index >= 15 is 0 Å². The SMILES string of the molecule is CC1CCN(c2c(Cl)cccc2C#N)C1C. The monoisotopic (exact) mass is 234 g/mol. The molecule has 2 nitrogen and oxygen atoms in total. The molecule has 1 fully saturated rings. The van der Waals surface area contributed by atoms with Gasteiger partial charge in [0.25, 0.3) is 0 Å². The minimum Gasteiger partial charge on any atom is -0.366 e. The lowest BCUT2D eigenvalue weighted by molar-refractivity contribution is 0.546. The zero-order valence-corrected chi connectivity index (χ0v) is 10.3. The highest BCUT2D eigenvalue weighted by molar-refractivity contribution is 6.33. The van der Waals surface area contributed by atoms with E-state index in [1.165, 1.54) is 0 Å². The highest BCUT2D eigenvalue weighted by Gasteiger charge is 2.29. The summed E-state index contributed by atoms with van der Waals surface area (Å²) in [7, 11) is 0. The number of hydrogen-bond acceptors (Lipinski definition) is 2. The summed E-state index contributed by atoms with van der Waals surface area (Å²) < 4.78 is 0. The van der Waals surface area contributed by atoms with Crippen molar-refractivity contribution < 1.29 is 0 Å². The fourth-order valence-electron chi connectivity index (χ4n) is 2.31. The minimum absolute atomic E-state index is 0.451. The number of rotatable bonds is 1. The molecular weight excluding hydrogens is 220 g/mol. The van der Waals surface area contributed by atoms with Crippen molar-refractivity contribution >= 4 is 17.3 Å². The molecule has 1 aromatic carbocycles. The van der Waals surface area contributed by atoms with E-state index in [4.69, 9.17) is 16.9 Å². The van der Waals surface area contributed by atoms with Gasteiger partial charge in [-0.2, -0.15) is 5.26 Å². The molecule has 3 heteroatoms. The van der Waals surface area contributed by atoms with Gasteiger partial charge in [0.05, 0.1) is 16.3 Å². The summed E-state index contributed by atoms with van der Waals surface area (Å²) >= 11 is 6.21.